The van der Waals surface area contributed by atoms with E-state index in [0.29, 0.717) is 45.2 Å². The quantitative estimate of drug-likeness (QED) is 0.190. The third-order valence-electron chi connectivity index (χ3n) is 10.3. The minimum Gasteiger partial charge on any atom is -0.454 e. The molecule has 5 unspecified atom stereocenters. The minimum atomic E-state index is -1.28. The SMILES string of the molecule is CCC1OC(n2c3cc4c(cc3c3c5c(c6c7cc(C)ccc7[nH]c6c32)C(=O)N(B(C)O)C5=O)OCO4)C(C)C(C)C1C. The van der Waals surface area contributed by atoms with Crippen LogP contribution >= 0.6 is 0 Å². The van der Waals surface area contributed by atoms with Crippen molar-refractivity contribution in [2.24, 2.45) is 17.8 Å². The molecule has 10 heteroatoms. The van der Waals surface area contributed by atoms with Crippen LogP contribution in [0.1, 0.15) is 66.6 Å². The van der Waals surface area contributed by atoms with Crippen molar-refractivity contribution in [3.8, 4) is 11.5 Å². The molecule has 2 amide bonds. The standard InChI is InChI=1S/C33H34BN3O6/c1-7-22-16(4)15(3)17(5)33(43-22)36-21-12-24-23(41-13-42-24)11-19(21)26-28-27(31(38)37(32(28)39)34(6)40)25-18-10-14(2)8-9-20(18)35-29(25)30(26)36/h8-12,15-17,22,33,35,40H,7,13H2,1-6H3. The lowest BCUT2D eigenvalue weighted by Crippen LogP contribution is -2.42. The number of amides is 2. The number of imide groups is 1. The second-order valence-electron chi connectivity index (χ2n) is 12.7. The monoisotopic (exact) mass is 579 g/mol. The summed E-state index contributed by atoms with van der Waals surface area (Å²) in [6.07, 6.45) is 0.596. The van der Waals surface area contributed by atoms with E-state index >= 15 is 0 Å². The van der Waals surface area contributed by atoms with Gasteiger partial charge < -0.3 is 28.8 Å². The van der Waals surface area contributed by atoms with Gasteiger partial charge in [-0.25, -0.2) is 0 Å². The Morgan fingerprint density at radius 1 is 0.953 bits per heavy atom. The average Bonchev–Trinajstić information content (AvgIpc) is 3.72. The van der Waals surface area contributed by atoms with Crippen LogP contribution in [0.25, 0.3) is 43.6 Å². The first-order valence-electron chi connectivity index (χ1n) is 15.2. The molecule has 3 aliphatic heterocycles. The zero-order chi connectivity index (χ0) is 30.1. The van der Waals surface area contributed by atoms with Crippen LogP contribution in [0.15, 0.2) is 30.3 Å². The molecule has 3 aliphatic rings. The van der Waals surface area contributed by atoms with E-state index in [1.165, 1.54) is 6.82 Å². The minimum absolute atomic E-state index is 0.0573. The number of rotatable bonds is 3. The van der Waals surface area contributed by atoms with Crippen molar-refractivity contribution in [1.29, 1.82) is 0 Å². The average molecular weight is 579 g/mol. The van der Waals surface area contributed by atoms with Crippen LogP contribution in [0.3, 0.4) is 0 Å². The van der Waals surface area contributed by atoms with Gasteiger partial charge in [0.1, 0.15) is 6.23 Å². The number of H-pyrrole nitrogens is 1. The van der Waals surface area contributed by atoms with Crippen molar-refractivity contribution in [2.45, 2.75) is 60.2 Å². The topological polar surface area (TPSA) is 106 Å². The number of ether oxygens (including phenoxy) is 3. The summed E-state index contributed by atoms with van der Waals surface area (Å²) in [7, 11) is -1.28. The highest BCUT2D eigenvalue weighted by Crippen LogP contribution is 2.51. The molecule has 5 heterocycles. The summed E-state index contributed by atoms with van der Waals surface area (Å²) in [4.78, 5) is 32.8. The summed E-state index contributed by atoms with van der Waals surface area (Å²) >= 11 is 0. The Kier molecular flexibility index (Phi) is 5.57. The highest BCUT2D eigenvalue weighted by molar-refractivity contribution is 6.59. The smallest absolute Gasteiger partial charge is 0.419 e. The van der Waals surface area contributed by atoms with Gasteiger partial charge in [-0.1, -0.05) is 39.3 Å². The summed E-state index contributed by atoms with van der Waals surface area (Å²) in [5.41, 5.74) is 4.91. The second kappa shape index (κ2) is 9.00. The fourth-order valence-corrected chi connectivity index (χ4v) is 7.82. The molecule has 0 aliphatic carbocycles. The fourth-order valence-electron chi connectivity index (χ4n) is 7.82. The van der Waals surface area contributed by atoms with Gasteiger partial charge in [-0.2, -0.15) is 0 Å². The summed E-state index contributed by atoms with van der Waals surface area (Å²) in [6.45, 7) is 12.5. The van der Waals surface area contributed by atoms with Gasteiger partial charge in [0, 0.05) is 39.0 Å². The second-order valence-corrected chi connectivity index (χ2v) is 12.7. The van der Waals surface area contributed by atoms with Crippen molar-refractivity contribution in [1.82, 2.24) is 14.4 Å². The molecule has 1 saturated heterocycles. The first kappa shape index (κ1) is 26.6. The van der Waals surface area contributed by atoms with E-state index in [0.717, 1.165) is 49.6 Å². The molecule has 0 radical (unpaired) electrons. The molecule has 0 spiro atoms. The molecule has 0 bridgehead atoms. The molecule has 2 N–H and O–H groups in total. The predicted molar refractivity (Wildman–Crippen MR) is 166 cm³/mol. The molecular formula is C33H34BN3O6. The lowest BCUT2D eigenvalue weighted by Gasteiger charge is -2.44. The lowest BCUT2D eigenvalue weighted by molar-refractivity contribution is -0.164. The van der Waals surface area contributed by atoms with Crippen LogP contribution < -0.4 is 9.47 Å². The van der Waals surface area contributed by atoms with E-state index in [9.17, 15) is 14.6 Å². The maximum absolute atomic E-state index is 14.2. The van der Waals surface area contributed by atoms with E-state index in [1.807, 2.05) is 37.3 Å². The Hall–Kier alpha value is -4.02. The van der Waals surface area contributed by atoms with Gasteiger partial charge >= 0.3 is 7.05 Å². The molecule has 5 aromatic rings. The predicted octanol–water partition coefficient (Wildman–Crippen LogP) is 6.39. The first-order chi connectivity index (χ1) is 20.6. The molecule has 8 rings (SSSR count). The molecule has 9 nitrogen and oxygen atoms in total. The summed E-state index contributed by atoms with van der Waals surface area (Å²) in [5.74, 6) is 1.10. The number of benzene rings is 3. The van der Waals surface area contributed by atoms with Crippen LogP contribution in [0.4, 0.5) is 0 Å². The number of aromatic nitrogens is 2. The number of fused-ring (bicyclic) bond motifs is 11. The third-order valence-corrected chi connectivity index (χ3v) is 10.3. The van der Waals surface area contributed by atoms with Crippen molar-refractivity contribution >= 4 is 62.5 Å². The Labute approximate surface area is 248 Å². The highest BCUT2D eigenvalue weighted by atomic mass is 16.7. The van der Waals surface area contributed by atoms with Gasteiger partial charge in [-0.3, -0.25) is 14.4 Å². The summed E-state index contributed by atoms with van der Waals surface area (Å²) < 4.78 is 20.8. The van der Waals surface area contributed by atoms with Crippen LogP contribution in [0, 0.1) is 24.7 Å². The number of carbonyl (C=O) groups is 2. The van der Waals surface area contributed by atoms with Gasteiger partial charge in [0.05, 0.1) is 33.8 Å². The van der Waals surface area contributed by atoms with Gasteiger partial charge in [0.25, 0.3) is 11.8 Å². The Morgan fingerprint density at radius 3 is 2.35 bits per heavy atom. The fraction of sp³-hybridized carbons (Fsp3) is 0.394. The van der Waals surface area contributed by atoms with Crippen molar-refractivity contribution in [3.05, 3.63) is 47.0 Å². The van der Waals surface area contributed by atoms with Crippen LogP contribution in [-0.2, 0) is 4.74 Å². The normalized spacial score (nSPS) is 25.2. The number of nitrogens with one attached hydrogen (secondary N) is 1. The van der Waals surface area contributed by atoms with E-state index in [4.69, 9.17) is 14.2 Å². The molecule has 5 atom stereocenters. The maximum atomic E-state index is 14.2. The number of hydrogen-bond donors (Lipinski definition) is 2. The number of aryl methyl sites for hydroxylation is 1. The molecule has 43 heavy (non-hydrogen) atoms. The number of aromatic amines is 1. The highest BCUT2D eigenvalue weighted by Gasteiger charge is 2.46. The largest absolute Gasteiger partial charge is 0.454 e. The first-order valence-corrected chi connectivity index (χ1v) is 15.2. The molecular weight excluding hydrogens is 545 g/mol. The van der Waals surface area contributed by atoms with Crippen LogP contribution in [-0.4, -0.2) is 51.1 Å². The molecule has 3 aromatic carbocycles. The van der Waals surface area contributed by atoms with Crippen molar-refractivity contribution < 1.29 is 28.8 Å². The maximum Gasteiger partial charge on any atom is 0.419 e. The zero-order valence-corrected chi connectivity index (χ0v) is 25.1. The van der Waals surface area contributed by atoms with Crippen molar-refractivity contribution in [3.63, 3.8) is 0 Å². The zero-order valence-electron chi connectivity index (χ0n) is 25.1. The number of carbonyl (C=O) groups excluding carboxylic acids is 2. The molecule has 1 fully saturated rings. The van der Waals surface area contributed by atoms with Gasteiger partial charge in [0.2, 0.25) is 6.79 Å². The van der Waals surface area contributed by atoms with Crippen LogP contribution in [0.2, 0.25) is 6.82 Å². The Bertz CT molecular complexity index is 2040. The molecule has 0 saturated carbocycles. The van der Waals surface area contributed by atoms with E-state index in [2.05, 4.69) is 37.2 Å². The van der Waals surface area contributed by atoms with E-state index < -0.39 is 18.9 Å². The van der Waals surface area contributed by atoms with E-state index in [1.54, 1.807) is 0 Å². The Balaban J connectivity index is 1.60. The lowest BCUT2D eigenvalue weighted by atomic mass is 9.77. The number of nitrogens with zero attached hydrogens (tertiary/aromatic N) is 2. The molecule has 220 valence electrons. The van der Waals surface area contributed by atoms with Crippen LogP contribution in [0.5, 0.6) is 11.5 Å². The third kappa shape index (κ3) is 3.36. The summed E-state index contributed by atoms with van der Waals surface area (Å²) in [5, 5.41) is 13.6. The van der Waals surface area contributed by atoms with Gasteiger partial charge in [-0.05, 0) is 50.2 Å². The van der Waals surface area contributed by atoms with Gasteiger partial charge in [0.15, 0.2) is 11.5 Å². The van der Waals surface area contributed by atoms with Crippen molar-refractivity contribution in [2.75, 3.05) is 6.79 Å². The number of hydrogen-bond acceptors (Lipinski definition) is 6. The molecule has 2 aromatic heterocycles. The Morgan fingerprint density at radius 2 is 1.65 bits per heavy atom. The van der Waals surface area contributed by atoms with Gasteiger partial charge in [-0.15, -0.1) is 0 Å². The summed E-state index contributed by atoms with van der Waals surface area (Å²) in [6, 6.07) is 9.96. The van der Waals surface area contributed by atoms with E-state index in [-0.39, 0.29) is 25.0 Å².